The Balaban J connectivity index is 2.78. The number of esters is 1. The highest BCUT2D eigenvalue weighted by Crippen LogP contribution is 2.25. The molecule has 102 valence electrons. The number of carbonyl (C=O) groups is 1. The third-order valence-electron chi connectivity index (χ3n) is 3.39. The SMILES string of the molecule is CCC(C)C(NC(C)c1sccc1C)C(=O)OC. The summed E-state index contributed by atoms with van der Waals surface area (Å²) in [5.41, 5.74) is 1.27. The predicted molar refractivity (Wildman–Crippen MR) is 75.9 cm³/mol. The number of carbonyl (C=O) groups excluding carboxylic acids is 1. The molecule has 0 saturated heterocycles. The Morgan fingerprint density at radius 1 is 1.50 bits per heavy atom. The van der Waals surface area contributed by atoms with Crippen LogP contribution >= 0.6 is 11.3 Å². The Hall–Kier alpha value is -0.870. The molecule has 0 saturated carbocycles. The maximum Gasteiger partial charge on any atom is 0.323 e. The molecular formula is C14H23NO2S. The van der Waals surface area contributed by atoms with Gasteiger partial charge in [0.15, 0.2) is 0 Å². The molecule has 18 heavy (non-hydrogen) atoms. The normalized spacial score (nSPS) is 16.1. The average molecular weight is 269 g/mol. The molecule has 0 spiro atoms. The molecular weight excluding hydrogens is 246 g/mol. The molecule has 0 aliphatic carbocycles. The quantitative estimate of drug-likeness (QED) is 0.805. The number of rotatable bonds is 6. The Bertz CT molecular complexity index is 389. The molecule has 1 rings (SSSR count). The van der Waals surface area contributed by atoms with Crippen molar-refractivity contribution in [2.45, 2.75) is 46.2 Å². The zero-order valence-corrected chi connectivity index (χ0v) is 12.6. The topological polar surface area (TPSA) is 38.3 Å². The third-order valence-corrected chi connectivity index (χ3v) is 4.59. The number of hydrogen-bond donors (Lipinski definition) is 1. The summed E-state index contributed by atoms with van der Waals surface area (Å²) < 4.78 is 4.89. The van der Waals surface area contributed by atoms with E-state index in [4.69, 9.17) is 4.74 Å². The van der Waals surface area contributed by atoms with E-state index in [1.54, 1.807) is 11.3 Å². The molecule has 3 unspecified atom stereocenters. The van der Waals surface area contributed by atoms with Crippen molar-refractivity contribution in [1.82, 2.24) is 5.32 Å². The van der Waals surface area contributed by atoms with Gasteiger partial charge in [-0.15, -0.1) is 11.3 Å². The van der Waals surface area contributed by atoms with E-state index < -0.39 is 0 Å². The van der Waals surface area contributed by atoms with E-state index in [2.05, 4.69) is 44.5 Å². The summed E-state index contributed by atoms with van der Waals surface area (Å²) in [5.74, 6) is 0.0885. The fraction of sp³-hybridized carbons (Fsp3) is 0.643. The van der Waals surface area contributed by atoms with Crippen molar-refractivity contribution in [3.8, 4) is 0 Å². The summed E-state index contributed by atoms with van der Waals surface area (Å²) in [7, 11) is 1.44. The lowest BCUT2D eigenvalue weighted by atomic mass is 9.98. The standard InChI is InChI=1S/C14H23NO2S/c1-6-9(2)12(14(16)17-5)15-11(4)13-10(3)7-8-18-13/h7-9,11-12,15H,6H2,1-5H3. The lowest BCUT2D eigenvalue weighted by molar-refractivity contribution is -0.144. The highest BCUT2D eigenvalue weighted by Gasteiger charge is 2.27. The van der Waals surface area contributed by atoms with Crippen LogP contribution in [0.2, 0.25) is 0 Å². The minimum absolute atomic E-state index is 0.170. The first-order valence-corrected chi connectivity index (χ1v) is 7.27. The van der Waals surface area contributed by atoms with Gasteiger partial charge < -0.3 is 4.74 Å². The van der Waals surface area contributed by atoms with Gasteiger partial charge in [-0.1, -0.05) is 20.3 Å². The van der Waals surface area contributed by atoms with Crippen molar-refractivity contribution in [2.75, 3.05) is 7.11 Å². The van der Waals surface area contributed by atoms with Gasteiger partial charge in [0.05, 0.1) is 7.11 Å². The number of ether oxygens (including phenoxy) is 1. The molecule has 3 nitrogen and oxygen atoms in total. The molecule has 4 heteroatoms. The van der Waals surface area contributed by atoms with Crippen LogP contribution in [-0.4, -0.2) is 19.1 Å². The molecule has 0 fully saturated rings. The largest absolute Gasteiger partial charge is 0.468 e. The summed E-state index contributed by atoms with van der Waals surface area (Å²) in [6.07, 6.45) is 0.947. The minimum Gasteiger partial charge on any atom is -0.468 e. The first-order valence-electron chi connectivity index (χ1n) is 6.39. The lowest BCUT2D eigenvalue weighted by Gasteiger charge is -2.25. The fourth-order valence-corrected chi connectivity index (χ4v) is 2.95. The Morgan fingerprint density at radius 2 is 2.17 bits per heavy atom. The second-order valence-corrected chi connectivity index (χ2v) is 5.69. The second kappa shape index (κ2) is 6.90. The van der Waals surface area contributed by atoms with Gasteiger partial charge in [-0.25, -0.2) is 0 Å². The van der Waals surface area contributed by atoms with Crippen molar-refractivity contribution >= 4 is 17.3 Å². The summed E-state index contributed by atoms with van der Waals surface area (Å²) in [5, 5.41) is 5.48. The van der Waals surface area contributed by atoms with E-state index in [1.807, 2.05) is 0 Å². The number of aryl methyl sites for hydroxylation is 1. The van der Waals surface area contributed by atoms with Crippen molar-refractivity contribution < 1.29 is 9.53 Å². The van der Waals surface area contributed by atoms with Crippen LogP contribution in [0.15, 0.2) is 11.4 Å². The zero-order chi connectivity index (χ0) is 13.7. The van der Waals surface area contributed by atoms with Crippen LogP contribution in [0.1, 0.15) is 43.7 Å². The van der Waals surface area contributed by atoms with Crippen molar-refractivity contribution in [2.24, 2.45) is 5.92 Å². The average Bonchev–Trinajstić information content (AvgIpc) is 2.80. The van der Waals surface area contributed by atoms with E-state index in [9.17, 15) is 4.79 Å². The molecule has 1 aromatic rings. The van der Waals surface area contributed by atoms with Crippen molar-refractivity contribution in [1.29, 1.82) is 0 Å². The first-order chi connectivity index (χ1) is 8.51. The predicted octanol–water partition coefficient (Wildman–Crippen LogP) is 3.29. The smallest absolute Gasteiger partial charge is 0.323 e. The third kappa shape index (κ3) is 3.56. The van der Waals surface area contributed by atoms with Crippen molar-refractivity contribution in [3.05, 3.63) is 21.9 Å². The number of hydrogen-bond acceptors (Lipinski definition) is 4. The van der Waals surface area contributed by atoms with Gasteiger partial charge in [-0.2, -0.15) is 0 Å². The number of nitrogens with one attached hydrogen (secondary N) is 1. The van der Waals surface area contributed by atoms with E-state index in [0.717, 1.165) is 6.42 Å². The molecule has 0 radical (unpaired) electrons. The van der Waals surface area contributed by atoms with Gasteiger partial charge in [0.1, 0.15) is 6.04 Å². The van der Waals surface area contributed by atoms with Crippen LogP contribution in [0.4, 0.5) is 0 Å². The van der Waals surface area contributed by atoms with Crippen LogP contribution in [0, 0.1) is 12.8 Å². The number of methoxy groups -OCH3 is 1. The molecule has 0 aliphatic rings. The molecule has 0 bridgehead atoms. The summed E-state index contributed by atoms with van der Waals surface area (Å²) in [6, 6.07) is 2.04. The summed E-state index contributed by atoms with van der Waals surface area (Å²) in [6.45, 7) is 8.35. The van der Waals surface area contributed by atoms with E-state index in [-0.39, 0.29) is 24.0 Å². The van der Waals surface area contributed by atoms with Gasteiger partial charge in [-0.05, 0) is 36.8 Å². The Morgan fingerprint density at radius 3 is 2.61 bits per heavy atom. The molecule has 0 aliphatic heterocycles. The molecule has 0 aromatic carbocycles. The van der Waals surface area contributed by atoms with Crippen LogP contribution in [0.25, 0.3) is 0 Å². The van der Waals surface area contributed by atoms with Gasteiger partial charge in [0, 0.05) is 10.9 Å². The summed E-state index contributed by atoms with van der Waals surface area (Å²) >= 11 is 1.72. The Kier molecular flexibility index (Phi) is 5.82. The van der Waals surface area contributed by atoms with Crippen LogP contribution in [0.5, 0.6) is 0 Å². The van der Waals surface area contributed by atoms with Crippen molar-refractivity contribution in [3.63, 3.8) is 0 Å². The van der Waals surface area contributed by atoms with Gasteiger partial charge in [-0.3, -0.25) is 10.1 Å². The Labute approximate surface area is 114 Å². The molecule has 3 atom stereocenters. The van der Waals surface area contributed by atoms with Crippen LogP contribution in [-0.2, 0) is 9.53 Å². The maximum atomic E-state index is 11.8. The van der Waals surface area contributed by atoms with Gasteiger partial charge in [0.25, 0.3) is 0 Å². The van der Waals surface area contributed by atoms with Crippen LogP contribution < -0.4 is 5.32 Å². The maximum absolute atomic E-state index is 11.8. The minimum atomic E-state index is -0.239. The fourth-order valence-electron chi connectivity index (χ4n) is 2.00. The highest BCUT2D eigenvalue weighted by atomic mass is 32.1. The van der Waals surface area contributed by atoms with E-state index in [0.29, 0.717) is 0 Å². The molecule has 1 N–H and O–H groups in total. The van der Waals surface area contributed by atoms with Gasteiger partial charge in [0.2, 0.25) is 0 Å². The van der Waals surface area contributed by atoms with E-state index in [1.165, 1.54) is 17.6 Å². The summed E-state index contributed by atoms with van der Waals surface area (Å²) in [4.78, 5) is 13.1. The molecule has 1 aromatic heterocycles. The second-order valence-electron chi connectivity index (χ2n) is 4.74. The van der Waals surface area contributed by atoms with E-state index >= 15 is 0 Å². The van der Waals surface area contributed by atoms with Gasteiger partial charge >= 0.3 is 5.97 Å². The lowest BCUT2D eigenvalue weighted by Crippen LogP contribution is -2.43. The molecule has 1 heterocycles. The first kappa shape index (κ1) is 15.2. The number of thiophene rings is 1. The molecule has 0 amide bonds. The van der Waals surface area contributed by atoms with Crippen LogP contribution in [0.3, 0.4) is 0 Å². The monoisotopic (exact) mass is 269 g/mol. The zero-order valence-electron chi connectivity index (χ0n) is 11.8. The highest BCUT2D eigenvalue weighted by molar-refractivity contribution is 7.10.